The van der Waals surface area contributed by atoms with Gasteiger partial charge in [-0.25, -0.2) is 8.42 Å². The largest absolute Gasteiger partial charge is 0.316 e. The van der Waals surface area contributed by atoms with E-state index < -0.39 is 10.0 Å². The minimum Gasteiger partial charge on any atom is -0.316 e. The molecule has 0 amide bonds. The number of rotatable bonds is 5. The normalized spacial score (nSPS) is 20.6. The second-order valence-electron chi connectivity index (χ2n) is 4.32. The van der Waals surface area contributed by atoms with E-state index in [0.717, 1.165) is 13.0 Å². The molecule has 0 saturated carbocycles. The molecular formula is C11H22N2O2S. The van der Waals surface area contributed by atoms with E-state index in [9.17, 15) is 8.42 Å². The first kappa shape index (κ1) is 13.7. The molecule has 4 nitrogen and oxygen atoms in total. The molecule has 0 fully saturated rings. The third-order valence-electron chi connectivity index (χ3n) is 2.95. The van der Waals surface area contributed by atoms with E-state index >= 15 is 0 Å². The van der Waals surface area contributed by atoms with Crippen molar-refractivity contribution in [2.75, 3.05) is 26.2 Å². The van der Waals surface area contributed by atoms with Gasteiger partial charge >= 0.3 is 0 Å². The highest BCUT2D eigenvalue weighted by atomic mass is 32.2. The molecule has 0 radical (unpaired) electrons. The first-order valence-corrected chi connectivity index (χ1v) is 7.34. The minimum absolute atomic E-state index is 0.348. The Kier molecular flexibility index (Phi) is 4.95. The highest BCUT2D eigenvalue weighted by Gasteiger charge is 2.28. The Labute approximate surface area is 98.8 Å². The standard InChI is InChI=1S/C11H22N2O2S/c1-4-12-9-11(3)16(14,15)13-7-5-10(2)6-8-13/h5,11-12H,4,6-9H2,1-3H3. The number of hydrogen-bond donors (Lipinski definition) is 1. The second-order valence-corrected chi connectivity index (χ2v) is 6.67. The van der Waals surface area contributed by atoms with Crippen LogP contribution in [0.4, 0.5) is 0 Å². The van der Waals surface area contributed by atoms with Crippen molar-refractivity contribution in [1.82, 2.24) is 9.62 Å². The zero-order valence-corrected chi connectivity index (χ0v) is 11.2. The van der Waals surface area contributed by atoms with Gasteiger partial charge in [0, 0.05) is 19.6 Å². The summed E-state index contributed by atoms with van der Waals surface area (Å²) < 4.78 is 25.9. The molecule has 1 atom stereocenters. The molecule has 1 N–H and O–H groups in total. The van der Waals surface area contributed by atoms with Crippen molar-refractivity contribution in [1.29, 1.82) is 0 Å². The van der Waals surface area contributed by atoms with Crippen LogP contribution in [0.2, 0.25) is 0 Å². The lowest BCUT2D eigenvalue weighted by Crippen LogP contribution is -2.43. The quantitative estimate of drug-likeness (QED) is 0.735. The van der Waals surface area contributed by atoms with Crippen molar-refractivity contribution in [3.8, 4) is 0 Å². The fourth-order valence-electron chi connectivity index (χ4n) is 1.69. The molecule has 0 aromatic carbocycles. The molecule has 94 valence electrons. The lowest BCUT2D eigenvalue weighted by Gasteiger charge is -2.27. The summed E-state index contributed by atoms with van der Waals surface area (Å²) in [6.45, 7) is 8.28. The van der Waals surface area contributed by atoms with Gasteiger partial charge in [0.05, 0.1) is 5.25 Å². The van der Waals surface area contributed by atoms with Gasteiger partial charge in [-0.05, 0) is 26.8 Å². The van der Waals surface area contributed by atoms with E-state index in [1.54, 1.807) is 11.2 Å². The van der Waals surface area contributed by atoms with Gasteiger partial charge in [0.25, 0.3) is 0 Å². The van der Waals surface area contributed by atoms with Crippen LogP contribution in [0, 0.1) is 0 Å². The maximum atomic E-state index is 12.2. The molecule has 1 aliphatic rings. The van der Waals surface area contributed by atoms with Crippen LogP contribution in [0.25, 0.3) is 0 Å². The number of sulfonamides is 1. The van der Waals surface area contributed by atoms with Gasteiger partial charge in [-0.1, -0.05) is 18.6 Å². The van der Waals surface area contributed by atoms with Gasteiger partial charge in [-0.3, -0.25) is 0 Å². The van der Waals surface area contributed by atoms with E-state index in [1.807, 2.05) is 19.9 Å². The maximum absolute atomic E-state index is 12.2. The fraction of sp³-hybridized carbons (Fsp3) is 0.818. The van der Waals surface area contributed by atoms with Gasteiger partial charge < -0.3 is 5.32 Å². The molecule has 0 aromatic heterocycles. The van der Waals surface area contributed by atoms with Gasteiger partial charge in [0.1, 0.15) is 0 Å². The lowest BCUT2D eigenvalue weighted by molar-refractivity contribution is 0.422. The smallest absolute Gasteiger partial charge is 0.218 e. The highest BCUT2D eigenvalue weighted by molar-refractivity contribution is 7.89. The Balaban J connectivity index is 2.63. The SMILES string of the molecule is CCNCC(C)S(=O)(=O)N1CC=C(C)CC1. The van der Waals surface area contributed by atoms with Crippen molar-refractivity contribution in [3.63, 3.8) is 0 Å². The molecule has 1 rings (SSSR count). The lowest BCUT2D eigenvalue weighted by atomic mass is 10.1. The number of nitrogens with zero attached hydrogens (tertiary/aromatic N) is 1. The second kappa shape index (κ2) is 5.80. The maximum Gasteiger partial charge on any atom is 0.218 e. The van der Waals surface area contributed by atoms with E-state index in [0.29, 0.717) is 19.6 Å². The van der Waals surface area contributed by atoms with E-state index in [1.165, 1.54) is 5.57 Å². The molecule has 1 aliphatic heterocycles. The van der Waals surface area contributed by atoms with Gasteiger partial charge in [0.15, 0.2) is 0 Å². The molecular weight excluding hydrogens is 224 g/mol. The van der Waals surface area contributed by atoms with Crippen LogP contribution in [-0.4, -0.2) is 44.2 Å². The average Bonchev–Trinajstić information content (AvgIpc) is 2.26. The third kappa shape index (κ3) is 3.30. The third-order valence-corrected chi connectivity index (χ3v) is 5.18. The van der Waals surface area contributed by atoms with Gasteiger partial charge in [-0.15, -0.1) is 0 Å². The molecule has 0 spiro atoms. The zero-order chi connectivity index (χ0) is 12.2. The Morgan fingerprint density at radius 3 is 2.75 bits per heavy atom. The van der Waals surface area contributed by atoms with Crippen LogP contribution < -0.4 is 5.32 Å². The van der Waals surface area contributed by atoms with Gasteiger partial charge in [0.2, 0.25) is 10.0 Å². The summed E-state index contributed by atoms with van der Waals surface area (Å²) in [5.74, 6) is 0. The van der Waals surface area contributed by atoms with Crippen molar-refractivity contribution >= 4 is 10.0 Å². The van der Waals surface area contributed by atoms with E-state index in [4.69, 9.17) is 0 Å². The van der Waals surface area contributed by atoms with Crippen LogP contribution >= 0.6 is 0 Å². The molecule has 0 saturated heterocycles. The predicted octanol–water partition coefficient (Wildman–Crippen LogP) is 0.966. The summed E-state index contributed by atoms with van der Waals surface area (Å²) >= 11 is 0. The summed E-state index contributed by atoms with van der Waals surface area (Å²) in [7, 11) is -3.13. The predicted molar refractivity (Wildman–Crippen MR) is 66.9 cm³/mol. The fourth-order valence-corrected chi connectivity index (χ4v) is 3.16. The van der Waals surface area contributed by atoms with Crippen molar-refractivity contribution in [3.05, 3.63) is 11.6 Å². The van der Waals surface area contributed by atoms with Crippen LogP contribution in [0.1, 0.15) is 27.2 Å². The number of hydrogen-bond acceptors (Lipinski definition) is 3. The molecule has 0 aliphatic carbocycles. The van der Waals surface area contributed by atoms with Gasteiger partial charge in [-0.2, -0.15) is 4.31 Å². The topological polar surface area (TPSA) is 49.4 Å². The number of nitrogens with one attached hydrogen (secondary N) is 1. The highest BCUT2D eigenvalue weighted by Crippen LogP contribution is 2.16. The van der Waals surface area contributed by atoms with Crippen LogP contribution in [0.3, 0.4) is 0 Å². The van der Waals surface area contributed by atoms with E-state index in [2.05, 4.69) is 5.32 Å². The first-order valence-electron chi connectivity index (χ1n) is 5.83. The Hall–Kier alpha value is -0.390. The summed E-state index contributed by atoms with van der Waals surface area (Å²) in [4.78, 5) is 0. The van der Waals surface area contributed by atoms with Crippen molar-refractivity contribution < 1.29 is 8.42 Å². The van der Waals surface area contributed by atoms with Crippen LogP contribution in [0.5, 0.6) is 0 Å². The van der Waals surface area contributed by atoms with Crippen molar-refractivity contribution in [2.24, 2.45) is 0 Å². The van der Waals surface area contributed by atoms with E-state index in [-0.39, 0.29) is 5.25 Å². The monoisotopic (exact) mass is 246 g/mol. The summed E-state index contributed by atoms with van der Waals surface area (Å²) in [6, 6.07) is 0. The molecule has 1 heterocycles. The molecule has 5 heteroatoms. The summed E-state index contributed by atoms with van der Waals surface area (Å²) in [5.41, 5.74) is 1.28. The minimum atomic E-state index is -3.13. The van der Waals surface area contributed by atoms with Crippen LogP contribution in [-0.2, 0) is 10.0 Å². The first-order chi connectivity index (χ1) is 7.48. The molecule has 0 aromatic rings. The Morgan fingerprint density at radius 2 is 2.25 bits per heavy atom. The van der Waals surface area contributed by atoms with Crippen molar-refractivity contribution in [2.45, 2.75) is 32.4 Å². The Bertz CT molecular complexity index is 349. The average molecular weight is 246 g/mol. The zero-order valence-electron chi connectivity index (χ0n) is 10.4. The van der Waals surface area contributed by atoms with Crippen LogP contribution in [0.15, 0.2) is 11.6 Å². The molecule has 0 bridgehead atoms. The summed E-state index contributed by atoms with van der Waals surface area (Å²) in [5, 5.41) is 2.73. The Morgan fingerprint density at radius 1 is 1.56 bits per heavy atom. The summed E-state index contributed by atoms with van der Waals surface area (Å²) in [6.07, 6.45) is 2.86. The molecule has 16 heavy (non-hydrogen) atoms. The molecule has 1 unspecified atom stereocenters.